The van der Waals surface area contributed by atoms with E-state index in [9.17, 15) is 0 Å². The van der Waals surface area contributed by atoms with Gasteiger partial charge in [0.05, 0.1) is 34.0 Å². The molecule has 21 heavy (non-hydrogen) atoms. The summed E-state index contributed by atoms with van der Waals surface area (Å²) < 4.78 is 26.6. The highest BCUT2D eigenvalue weighted by atomic mass is 16.6. The largest absolute Gasteiger partial charge is 0.493 e. The summed E-state index contributed by atoms with van der Waals surface area (Å²) >= 11 is 0. The predicted molar refractivity (Wildman–Crippen MR) is 80.6 cm³/mol. The van der Waals surface area contributed by atoms with E-state index in [2.05, 4.69) is 5.32 Å². The van der Waals surface area contributed by atoms with Crippen LogP contribution in [0.3, 0.4) is 0 Å². The number of methoxy groups -OCH3 is 3. The van der Waals surface area contributed by atoms with Gasteiger partial charge in [-0.05, 0) is 12.1 Å². The molecule has 120 valence electrons. The molecule has 6 nitrogen and oxygen atoms in total. The summed E-state index contributed by atoms with van der Waals surface area (Å²) in [6, 6.07) is 5.52. The Morgan fingerprint density at radius 1 is 0.857 bits per heavy atom. The molecule has 0 heterocycles. The van der Waals surface area contributed by atoms with Gasteiger partial charge in [0.15, 0.2) is 11.5 Å². The maximum Gasteiger partial charge on any atom is 0.203 e. The molecule has 0 aliphatic heterocycles. The smallest absolute Gasteiger partial charge is 0.203 e. The Bertz CT molecular complexity index is 364. The molecule has 0 radical (unpaired) electrons. The van der Waals surface area contributed by atoms with E-state index < -0.39 is 0 Å². The van der Waals surface area contributed by atoms with E-state index in [1.54, 1.807) is 21.3 Å². The number of benzene rings is 1. The minimum absolute atomic E-state index is 0.439. The van der Waals surface area contributed by atoms with Crippen LogP contribution in [0.1, 0.15) is 0 Å². The molecule has 1 aromatic carbocycles. The van der Waals surface area contributed by atoms with Crippen molar-refractivity contribution in [2.75, 3.05) is 60.8 Å². The van der Waals surface area contributed by atoms with E-state index >= 15 is 0 Å². The first-order valence-electron chi connectivity index (χ1n) is 6.94. The fraction of sp³-hybridized carbons (Fsp3) is 0.600. The normalized spacial score (nSPS) is 10.4. The Hall–Kier alpha value is -1.50. The van der Waals surface area contributed by atoms with Crippen LogP contribution in [-0.4, -0.2) is 60.8 Å². The molecule has 1 rings (SSSR count). The number of para-hydroxylation sites is 1. The van der Waals surface area contributed by atoms with E-state index in [0.717, 1.165) is 13.1 Å². The van der Waals surface area contributed by atoms with E-state index in [-0.39, 0.29) is 0 Å². The van der Waals surface area contributed by atoms with Crippen molar-refractivity contribution in [2.45, 2.75) is 0 Å². The Kier molecular flexibility index (Phi) is 9.35. The summed E-state index contributed by atoms with van der Waals surface area (Å²) in [5.41, 5.74) is 0. The first-order chi connectivity index (χ1) is 10.3. The van der Waals surface area contributed by atoms with Gasteiger partial charge in [0, 0.05) is 20.2 Å². The Morgan fingerprint density at radius 2 is 1.52 bits per heavy atom. The van der Waals surface area contributed by atoms with Crippen LogP contribution in [0.25, 0.3) is 0 Å². The lowest BCUT2D eigenvalue weighted by atomic mass is 10.3. The van der Waals surface area contributed by atoms with Crippen molar-refractivity contribution in [2.24, 2.45) is 0 Å². The van der Waals surface area contributed by atoms with Gasteiger partial charge in [-0.25, -0.2) is 0 Å². The molecule has 0 fully saturated rings. The maximum absolute atomic E-state index is 5.68. The molecule has 0 saturated carbocycles. The van der Waals surface area contributed by atoms with Crippen LogP contribution >= 0.6 is 0 Å². The van der Waals surface area contributed by atoms with Crippen molar-refractivity contribution in [3.05, 3.63) is 18.2 Å². The molecule has 0 saturated heterocycles. The molecule has 1 aromatic rings. The zero-order valence-electron chi connectivity index (χ0n) is 13.0. The quantitative estimate of drug-likeness (QED) is 0.588. The third-order valence-electron chi connectivity index (χ3n) is 2.76. The minimum Gasteiger partial charge on any atom is -0.493 e. The molecular formula is C15H25NO5. The highest BCUT2D eigenvalue weighted by molar-refractivity contribution is 5.51. The van der Waals surface area contributed by atoms with Crippen molar-refractivity contribution in [1.82, 2.24) is 5.32 Å². The van der Waals surface area contributed by atoms with E-state index in [4.69, 9.17) is 23.7 Å². The molecule has 0 spiro atoms. The van der Waals surface area contributed by atoms with Crippen LogP contribution in [0, 0.1) is 0 Å². The van der Waals surface area contributed by atoms with E-state index in [1.807, 2.05) is 18.2 Å². The van der Waals surface area contributed by atoms with Crippen molar-refractivity contribution in [3.8, 4) is 17.2 Å². The Labute approximate surface area is 126 Å². The predicted octanol–water partition coefficient (Wildman–Crippen LogP) is 1.34. The first-order valence-corrected chi connectivity index (χ1v) is 6.94. The van der Waals surface area contributed by atoms with Gasteiger partial charge in [-0.2, -0.15) is 0 Å². The first kappa shape index (κ1) is 17.6. The average Bonchev–Trinajstić information content (AvgIpc) is 2.53. The minimum atomic E-state index is 0.439. The Morgan fingerprint density at radius 3 is 2.14 bits per heavy atom. The molecule has 1 N–H and O–H groups in total. The molecule has 0 aromatic heterocycles. The van der Waals surface area contributed by atoms with E-state index in [0.29, 0.717) is 43.7 Å². The van der Waals surface area contributed by atoms with Gasteiger partial charge >= 0.3 is 0 Å². The molecule has 0 unspecified atom stereocenters. The van der Waals surface area contributed by atoms with Gasteiger partial charge in [-0.3, -0.25) is 0 Å². The van der Waals surface area contributed by atoms with Crippen molar-refractivity contribution < 1.29 is 23.7 Å². The molecule has 0 bridgehead atoms. The highest BCUT2D eigenvalue weighted by Crippen LogP contribution is 2.36. The highest BCUT2D eigenvalue weighted by Gasteiger charge is 2.10. The number of hydrogen-bond donors (Lipinski definition) is 1. The second kappa shape index (κ2) is 11.2. The number of rotatable bonds is 12. The lowest BCUT2D eigenvalue weighted by molar-refractivity contribution is 0.0980. The third kappa shape index (κ3) is 6.66. The summed E-state index contributed by atoms with van der Waals surface area (Å²) in [6.07, 6.45) is 0. The zero-order chi connectivity index (χ0) is 15.3. The van der Waals surface area contributed by atoms with Crippen LogP contribution in [0.15, 0.2) is 18.2 Å². The molecule has 6 heteroatoms. The van der Waals surface area contributed by atoms with Gasteiger partial charge in [0.1, 0.15) is 6.61 Å². The van der Waals surface area contributed by atoms with Crippen molar-refractivity contribution >= 4 is 0 Å². The number of hydrogen-bond acceptors (Lipinski definition) is 6. The topological polar surface area (TPSA) is 58.2 Å². The third-order valence-corrected chi connectivity index (χ3v) is 2.76. The second-order valence-corrected chi connectivity index (χ2v) is 4.20. The van der Waals surface area contributed by atoms with Gasteiger partial charge < -0.3 is 29.0 Å². The summed E-state index contributed by atoms with van der Waals surface area (Å²) in [4.78, 5) is 0. The average molecular weight is 299 g/mol. The molecule has 0 atom stereocenters. The lowest BCUT2D eigenvalue weighted by Crippen LogP contribution is -2.24. The molecular weight excluding hydrogens is 274 g/mol. The van der Waals surface area contributed by atoms with Crippen molar-refractivity contribution in [3.63, 3.8) is 0 Å². The summed E-state index contributed by atoms with van der Waals surface area (Å²) in [7, 11) is 4.88. The number of ether oxygens (including phenoxy) is 5. The van der Waals surface area contributed by atoms with Gasteiger partial charge in [0.25, 0.3) is 0 Å². The molecule has 0 amide bonds. The lowest BCUT2D eigenvalue weighted by Gasteiger charge is -2.14. The van der Waals surface area contributed by atoms with Gasteiger partial charge in [-0.1, -0.05) is 6.07 Å². The molecule has 0 aliphatic carbocycles. The maximum atomic E-state index is 5.68. The van der Waals surface area contributed by atoms with E-state index in [1.165, 1.54) is 0 Å². The summed E-state index contributed by atoms with van der Waals surface area (Å²) in [5, 5.41) is 3.20. The van der Waals surface area contributed by atoms with Gasteiger partial charge in [-0.15, -0.1) is 0 Å². The van der Waals surface area contributed by atoms with Crippen LogP contribution in [-0.2, 0) is 9.47 Å². The van der Waals surface area contributed by atoms with Gasteiger partial charge in [0.2, 0.25) is 5.75 Å². The van der Waals surface area contributed by atoms with Crippen molar-refractivity contribution in [1.29, 1.82) is 0 Å². The summed E-state index contributed by atoms with van der Waals surface area (Å²) in [5.74, 6) is 1.90. The molecule has 0 aliphatic rings. The van der Waals surface area contributed by atoms with Crippen LogP contribution in [0.4, 0.5) is 0 Å². The summed E-state index contributed by atoms with van der Waals surface area (Å²) in [6.45, 7) is 3.91. The fourth-order valence-corrected chi connectivity index (χ4v) is 1.71. The second-order valence-electron chi connectivity index (χ2n) is 4.20. The monoisotopic (exact) mass is 299 g/mol. The number of nitrogens with one attached hydrogen (secondary N) is 1. The fourth-order valence-electron chi connectivity index (χ4n) is 1.71. The SMILES string of the molecule is COCCNCCOCCOc1c(OC)cccc1OC. The Balaban J connectivity index is 2.20. The van der Waals surface area contributed by atoms with Crippen LogP contribution < -0.4 is 19.5 Å². The van der Waals surface area contributed by atoms with Crippen LogP contribution in [0.2, 0.25) is 0 Å². The zero-order valence-corrected chi connectivity index (χ0v) is 13.0. The van der Waals surface area contributed by atoms with Crippen LogP contribution in [0.5, 0.6) is 17.2 Å². The standard InChI is InChI=1S/C15H25NO5/c1-17-9-7-16-8-10-20-11-12-21-15-13(18-2)5-4-6-14(15)19-3/h4-6,16H,7-12H2,1-3H3.